The molecule has 0 aliphatic heterocycles. The molecule has 0 saturated heterocycles. The molecule has 16 heavy (non-hydrogen) atoms. The Morgan fingerprint density at radius 3 is 2.50 bits per heavy atom. The van der Waals surface area contributed by atoms with Gasteiger partial charge in [-0.2, -0.15) is 0 Å². The average Bonchev–Trinajstić information content (AvgIpc) is 2.27. The molecule has 1 aromatic heterocycles. The highest BCUT2D eigenvalue weighted by molar-refractivity contribution is 5.89. The van der Waals surface area contributed by atoms with Crippen LogP contribution in [0.5, 0.6) is 0 Å². The largest absolute Gasteiger partial charge is 1.00 e. The molecule has 0 aliphatic carbocycles. The van der Waals surface area contributed by atoms with Crippen molar-refractivity contribution in [1.29, 1.82) is 0 Å². The molecule has 0 atom stereocenters. The van der Waals surface area contributed by atoms with E-state index in [1.54, 1.807) is 0 Å². The van der Waals surface area contributed by atoms with E-state index in [9.17, 15) is 0 Å². The topological polar surface area (TPSA) is 14.1 Å². The highest BCUT2D eigenvalue weighted by Gasteiger charge is 2.05. The zero-order valence-electron chi connectivity index (χ0n) is 9.00. The number of hydrogen-bond donors (Lipinski definition) is 0. The summed E-state index contributed by atoms with van der Waals surface area (Å²) in [6.07, 6.45) is 0. The molecule has 0 fully saturated rings. The summed E-state index contributed by atoms with van der Waals surface area (Å²) in [5.41, 5.74) is 3.71. The van der Waals surface area contributed by atoms with E-state index in [0.29, 0.717) is 0 Å². The van der Waals surface area contributed by atoms with Crippen LogP contribution in [0.1, 0.15) is 5.56 Å². The fourth-order valence-electron chi connectivity index (χ4n) is 2.02. The van der Waals surface area contributed by atoms with E-state index in [1.165, 1.54) is 27.4 Å². The van der Waals surface area contributed by atoms with Gasteiger partial charge in [-0.25, -0.2) is 4.98 Å². The predicted molar refractivity (Wildman–Crippen MR) is 62.7 cm³/mol. The van der Waals surface area contributed by atoms with Crippen molar-refractivity contribution in [3.63, 3.8) is 0 Å². The fraction of sp³-hybridized carbons (Fsp3) is 0.0714. The molecular formula is C14H12BrN. The van der Waals surface area contributed by atoms with E-state index in [-0.39, 0.29) is 17.0 Å². The minimum atomic E-state index is 0. The van der Waals surface area contributed by atoms with Crippen LogP contribution < -0.4 is 22.0 Å². The summed E-state index contributed by atoms with van der Waals surface area (Å²) in [4.78, 5) is 3.45. The van der Waals surface area contributed by atoms with Gasteiger partial charge in [0, 0.05) is 22.9 Å². The lowest BCUT2D eigenvalue weighted by molar-refractivity contribution is -0.310. The van der Waals surface area contributed by atoms with Crippen molar-refractivity contribution in [3.8, 4) is 0 Å². The zero-order chi connectivity index (χ0) is 10.3. The number of halogens is 1. The molecule has 3 rings (SSSR count). The number of pyridine rings is 1. The lowest BCUT2D eigenvalue weighted by Gasteiger charge is -1.98. The van der Waals surface area contributed by atoms with E-state index < -0.39 is 0 Å². The third-order valence-electron chi connectivity index (χ3n) is 2.85. The van der Waals surface area contributed by atoms with Gasteiger partial charge in [-0.05, 0) is 24.6 Å². The Morgan fingerprint density at radius 2 is 1.62 bits per heavy atom. The van der Waals surface area contributed by atoms with Crippen LogP contribution in [0.25, 0.3) is 21.8 Å². The molecular weight excluding hydrogens is 262 g/mol. The van der Waals surface area contributed by atoms with Crippen molar-refractivity contribution < 1.29 is 22.0 Å². The first-order chi connectivity index (χ1) is 7.34. The number of hydrogen-bond acceptors (Lipinski definition) is 0. The highest BCUT2D eigenvalue weighted by Crippen LogP contribution is 2.18. The number of aromatic nitrogens is 1. The number of nitrogens with one attached hydrogen (secondary N) is 1. The summed E-state index contributed by atoms with van der Waals surface area (Å²) in [6.45, 7) is 2.14. The van der Waals surface area contributed by atoms with Crippen molar-refractivity contribution in [3.05, 3.63) is 54.1 Å². The molecule has 80 valence electrons. The van der Waals surface area contributed by atoms with Crippen LogP contribution >= 0.6 is 0 Å². The predicted octanol–water partition coefficient (Wildman–Crippen LogP) is 0.120. The third-order valence-corrected chi connectivity index (χ3v) is 2.85. The number of fused-ring (bicyclic) bond motifs is 2. The second-order valence-corrected chi connectivity index (χ2v) is 3.89. The van der Waals surface area contributed by atoms with Crippen molar-refractivity contribution in [1.82, 2.24) is 0 Å². The Balaban J connectivity index is 0.000000963. The number of benzene rings is 2. The molecule has 0 spiro atoms. The van der Waals surface area contributed by atoms with Gasteiger partial charge in [0.25, 0.3) is 0 Å². The quantitative estimate of drug-likeness (QED) is 0.517. The van der Waals surface area contributed by atoms with Crippen molar-refractivity contribution in [2.75, 3.05) is 0 Å². The summed E-state index contributed by atoms with van der Waals surface area (Å²) in [5, 5.41) is 2.57. The molecule has 1 N–H and O–H groups in total. The van der Waals surface area contributed by atoms with Crippen molar-refractivity contribution in [2.24, 2.45) is 0 Å². The van der Waals surface area contributed by atoms with Gasteiger partial charge in [-0.3, -0.25) is 0 Å². The van der Waals surface area contributed by atoms with Crippen LogP contribution in [-0.2, 0) is 0 Å². The van der Waals surface area contributed by atoms with Crippen LogP contribution in [0.4, 0.5) is 0 Å². The average molecular weight is 274 g/mol. The maximum absolute atomic E-state index is 3.45. The number of rotatable bonds is 0. The smallest absolute Gasteiger partial charge is 0.211 e. The molecule has 0 amide bonds. The van der Waals surface area contributed by atoms with Crippen molar-refractivity contribution in [2.45, 2.75) is 6.92 Å². The van der Waals surface area contributed by atoms with Gasteiger partial charge in [-0.15, -0.1) is 0 Å². The third kappa shape index (κ3) is 1.69. The highest BCUT2D eigenvalue weighted by atomic mass is 79.9. The first-order valence-electron chi connectivity index (χ1n) is 5.15. The van der Waals surface area contributed by atoms with Crippen LogP contribution in [0.15, 0.2) is 48.5 Å². The van der Waals surface area contributed by atoms with Gasteiger partial charge in [0.05, 0.1) is 0 Å². The standard InChI is InChI=1S/C14H11N.BrH/c1-10-5-4-8-14-12(10)9-11-6-2-3-7-13(11)15-14;/h2-9H,1H3;1H. The first kappa shape index (κ1) is 11.1. The molecule has 0 aliphatic rings. The lowest BCUT2D eigenvalue weighted by Crippen LogP contribution is -3.00. The maximum Gasteiger partial charge on any atom is 0.211 e. The minimum Gasteiger partial charge on any atom is -1.00 e. The van der Waals surface area contributed by atoms with E-state index >= 15 is 0 Å². The molecule has 0 bridgehead atoms. The van der Waals surface area contributed by atoms with Gasteiger partial charge in [0.15, 0.2) is 0 Å². The number of aryl methyl sites for hydroxylation is 1. The molecule has 0 radical (unpaired) electrons. The first-order valence-corrected chi connectivity index (χ1v) is 5.15. The molecule has 2 aromatic carbocycles. The van der Waals surface area contributed by atoms with Crippen LogP contribution in [0.3, 0.4) is 0 Å². The number of aromatic amines is 1. The normalized spacial score (nSPS) is 10.3. The second kappa shape index (κ2) is 4.22. The molecule has 0 unspecified atom stereocenters. The van der Waals surface area contributed by atoms with Gasteiger partial charge in [-0.1, -0.05) is 24.3 Å². The van der Waals surface area contributed by atoms with Gasteiger partial charge >= 0.3 is 0 Å². The van der Waals surface area contributed by atoms with E-state index in [2.05, 4.69) is 60.4 Å². The fourth-order valence-corrected chi connectivity index (χ4v) is 2.02. The van der Waals surface area contributed by atoms with Crippen LogP contribution in [-0.4, -0.2) is 0 Å². The Hall–Kier alpha value is -1.41. The van der Waals surface area contributed by atoms with Gasteiger partial charge in [0.1, 0.15) is 0 Å². The molecule has 0 saturated carbocycles. The van der Waals surface area contributed by atoms with Crippen molar-refractivity contribution >= 4 is 21.8 Å². The maximum atomic E-state index is 3.45. The van der Waals surface area contributed by atoms with Gasteiger partial charge < -0.3 is 17.0 Å². The van der Waals surface area contributed by atoms with E-state index in [0.717, 1.165) is 0 Å². The zero-order valence-corrected chi connectivity index (χ0v) is 10.6. The lowest BCUT2D eigenvalue weighted by atomic mass is 10.1. The summed E-state index contributed by atoms with van der Waals surface area (Å²) in [6, 6.07) is 17.0. The Kier molecular flexibility index (Phi) is 2.92. The summed E-state index contributed by atoms with van der Waals surface area (Å²) >= 11 is 0. The SMILES string of the molecule is Cc1cccc2[nH+]c3ccccc3cc12.[Br-]. The molecule has 3 aromatic rings. The monoisotopic (exact) mass is 273 g/mol. The summed E-state index contributed by atoms with van der Waals surface area (Å²) in [7, 11) is 0. The number of para-hydroxylation sites is 1. The molecule has 1 heterocycles. The van der Waals surface area contributed by atoms with E-state index in [1.807, 2.05) is 0 Å². The van der Waals surface area contributed by atoms with E-state index in [4.69, 9.17) is 0 Å². The Morgan fingerprint density at radius 1 is 0.875 bits per heavy atom. The Labute approximate surface area is 105 Å². The summed E-state index contributed by atoms with van der Waals surface area (Å²) in [5.74, 6) is 0. The molecule has 2 heteroatoms. The van der Waals surface area contributed by atoms with Crippen LogP contribution in [0, 0.1) is 6.92 Å². The molecule has 1 nitrogen and oxygen atoms in total. The second-order valence-electron chi connectivity index (χ2n) is 3.89. The van der Waals surface area contributed by atoms with Gasteiger partial charge in [0.2, 0.25) is 11.0 Å². The number of H-pyrrole nitrogens is 1. The minimum absolute atomic E-state index is 0. The Bertz CT molecular complexity index is 646. The summed E-state index contributed by atoms with van der Waals surface area (Å²) < 4.78 is 0. The van der Waals surface area contributed by atoms with Crippen LogP contribution in [0.2, 0.25) is 0 Å².